The van der Waals surface area contributed by atoms with E-state index in [1.165, 1.54) is 0 Å². The average Bonchev–Trinajstić information content (AvgIpc) is 2.77. The van der Waals surface area contributed by atoms with Crippen LogP contribution in [0.4, 0.5) is 0 Å². The Bertz CT molecular complexity index is 541. The molecule has 1 aromatic heterocycles. The molecule has 1 heterocycles. The molecule has 0 radical (unpaired) electrons. The molecule has 1 aromatic rings. The number of carbonyl (C=O) groups is 2. The van der Waals surface area contributed by atoms with Crippen LogP contribution >= 0.6 is 0 Å². The topological polar surface area (TPSA) is 62.4 Å². The summed E-state index contributed by atoms with van der Waals surface area (Å²) in [7, 11) is 3.77. The molecule has 0 aromatic carbocycles. The molecule has 0 spiro atoms. The second-order valence-corrected chi connectivity index (χ2v) is 4.75. The fraction of sp³-hybridized carbons (Fsp3) is 0.429. The monoisotopic (exact) mass is 262 g/mol. The summed E-state index contributed by atoms with van der Waals surface area (Å²) >= 11 is 0. The Kier molecular flexibility index (Phi) is 3.74. The van der Waals surface area contributed by atoms with Crippen molar-refractivity contribution < 1.29 is 14.3 Å². The number of ether oxygens (including phenoxy) is 1. The van der Waals surface area contributed by atoms with Gasteiger partial charge in [-0.05, 0) is 31.4 Å². The van der Waals surface area contributed by atoms with Crippen molar-refractivity contribution in [2.45, 2.75) is 19.8 Å². The van der Waals surface area contributed by atoms with Gasteiger partial charge in [-0.2, -0.15) is 0 Å². The quantitative estimate of drug-likeness (QED) is 0.666. The Labute approximate surface area is 112 Å². The van der Waals surface area contributed by atoms with Crippen molar-refractivity contribution in [2.75, 3.05) is 20.7 Å². The fourth-order valence-electron chi connectivity index (χ4n) is 2.19. The first-order valence-electron chi connectivity index (χ1n) is 6.33. The van der Waals surface area contributed by atoms with E-state index in [9.17, 15) is 9.59 Å². The number of hydrogen-bond acceptors (Lipinski definition) is 4. The number of allylic oxidation sites excluding steroid dienone is 1. The van der Waals surface area contributed by atoms with Crippen LogP contribution in [0.5, 0.6) is 0 Å². The first-order chi connectivity index (χ1) is 9.02. The smallest absolute Gasteiger partial charge is 0.354 e. The van der Waals surface area contributed by atoms with Gasteiger partial charge in [0.2, 0.25) is 5.78 Å². The minimum absolute atomic E-state index is 0.0366. The first-order valence-corrected chi connectivity index (χ1v) is 6.33. The highest BCUT2D eigenvalue weighted by Gasteiger charge is 2.26. The van der Waals surface area contributed by atoms with E-state index in [1.807, 2.05) is 25.2 Å². The third-order valence-electron chi connectivity index (χ3n) is 2.99. The zero-order chi connectivity index (χ0) is 14.0. The highest BCUT2D eigenvalue weighted by Crippen LogP contribution is 2.26. The second kappa shape index (κ2) is 5.30. The molecule has 1 aliphatic rings. The Morgan fingerprint density at radius 2 is 2.21 bits per heavy atom. The lowest BCUT2D eigenvalue weighted by atomic mass is 9.92. The van der Waals surface area contributed by atoms with Crippen molar-refractivity contribution in [3.05, 3.63) is 34.8 Å². The highest BCUT2D eigenvalue weighted by molar-refractivity contribution is 6.10. The van der Waals surface area contributed by atoms with Gasteiger partial charge in [0.15, 0.2) is 0 Å². The number of Topliss-reactive ketones (excluding diaryl/α,β-unsaturated/α-hetero) is 1. The Morgan fingerprint density at radius 3 is 2.84 bits per heavy atom. The normalized spacial score (nSPS) is 16.4. The molecule has 102 valence electrons. The molecule has 0 bridgehead atoms. The van der Waals surface area contributed by atoms with E-state index in [0.717, 1.165) is 17.6 Å². The lowest BCUT2D eigenvalue weighted by Crippen LogP contribution is -2.16. The van der Waals surface area contributed by atoms with Crippen molar-refractivity contribution in [1.82, 2.24) is 9.88 Å². The molecule has 0 aliphatic heterocycles. The van der Waals surface area contributed by atoms with Crippen LogP contribution in [0, 0.1) is 0 Å². The number of aromatic nitrogens is 1. The van der Waals surface area contributed by atoms with E-state index in [2.05, 4.69) is 4.98 Å². The number of aromatic amines is 1. The number of nitrogens with one attached hydrogen (secondary N) is 1. The van der Waals surface area contributed by atoms with Crippen LogP contribution in [-0.4, -0.2) is 42.3 Å². The number of hydrogen-bond donors (Lipinski definition) is 1. The molecule has 0 unspecified atom stereocenters. The molecule has 0 saturated heterocycles. The number of rotatable bonds is 3. The lowest BCUT2D eigenvalue weighted by molar-refractivity contribution is 0.0520. The van der Waals surface area contributed by atoms with Crippen LogP contribution in [-0.2, 0) is 11.2 Å². The zero-order valence-corrected chi connectivity index (χ0v) is 11.4. The minimum Gasteiger partial charge on any atom is -0.461 e. The molecule has 1 N–H and O–H groups in total. The maximum Gasteiger partial charge on any atom is 0.354 e. The molecule has 2 rings (SSSR count). The van der Waals surface area contributed by atoms with Crippen LogP contribution in [0.2, 0.25) is 0 Å². The maximum absolute atomic E-state index is 12.3. The Hall–Kier alpha value is -2.04. The molecule has 1 aliphatic carbocycles. The van der Waals surface area contributed by atoms with E-state index < -0.39 is 5.97 Å². The predicted molar refractivity (Wildman–Crippen MR) is 71.2 cm³/mol. The van der Waals surface area contributed by atoms with Crippen molar-refractivity contribution in [3.8, 4) is 0 Å². The number of esters is 1. The van der Waals surface area contributed by atoms with Gasteiger partial charge in [0, 0.05) is 25.9 Å². The molecule has 0 fully saturated rings. The van der Waals surface area contributed by atoms with Gasteiger partial charge in [-0.25, -0.2) is 4.79 Å². The summed E-state index contributed by atoms with van der Waals surface area (Å²) in [6.45, 7) is 2.08. The van der Waals surface area contributed by atoms with Crippen molar-refractivity contribution >= 4 is 11.8 Å². The van der Waals surface area contributed by atoms with Gasteiger partial charge in [0.1, 0.15) is 5.69 Å². The summed E-state index contributed by atoms with van der Waals surface area (Å²) in [6, 6.07) is 1.72. The van der Waals surface area contributed by atoms with Crippen LogP contribution in [0.15, 0.2) is 17.8 Å². The molecule has 5 nitrogen and oxygen atoms in total. The van der Waals surface area contributed by atoms with Crippen molar-refractivity contribution in [1.29, 1.82) is 0 Å². The summed E-state index contributed by atoms with van der Waals surface area (Å²) in [4.78, 5) is 28.7. The highest BCUT2D eigenvalue weighted by atomic mass is 16.5. The summed E-state index contributed by atoms with van der Waals surface area (Å²) < 4.78 is 4.93. The largest absolute Gasteiger partial charge is 0.461 e. The summed E-state index contributed by atoms with van der Waals surface area (Å²) in [6.07, 6.45) is 3.29. The van der Waals surface area contributed by atoms with Gasteiger partial charge in [-0.15, -0.1) is 0 Å². The molecule has 0 saturated carbocycles. The van der Waals surface area contributed by atoms with Crippen LogP contribution < -0.4 is 0 Å². The van der Waals surface area contributed by atoms with Gasteiger partial charge >= 0.3 is 5.97 Å². The number of nitrogens with zero attached hydrogens (tertiary/aromatic N) is 1. The van der Waals surface area contributed by atoms with Crippen LogP contribution in [0.25, 0.3) is 0 Å². The van der Waals surface area contributed by atoms with Crippen molar-refractivity contribution in [2.24, 2.45) is 0 Å². The number of H-pyrrole nitrogens is 1. The third-order valence-corrected chi connectivity index (χ3v) is 2.99. The van der Waals surface area contributed by atoms with Gasteiger partial charge in [-0.1, -0.05) is 0 Å². The van der Waals surface area contributed by atoms with Gasteiger partial charge in [0.25, 0.3) is 0 Å². The fourth-order valence-corrected chi connectivity index (χ4v) is 2.19. The van der Waals surface area contributed by atoms with Gasteiger partial charge in [0.05, 0.1) is 12.3 Å². The third kappa shape index (κ3) is 2.70. The van der Waals surface area contributed by atoms with E-state index >= 15 is 0 Å². The number of carbonyl (C=O) groups excluding carboxylic acids is 2. The number of fused-ring (bicyclic) bond motifs is 1. The van der Waals surface area contributed by atoms with E-state index in [4.69, 9.17) is 4.74 Å². The summed E-state index contributed by atoms with van der Waals surface area (Å²) in [5.74, 6) is -0.451. The molecule has 5 heteroatoms. The Morgan fingerprint density at radius 1 is 1.47 bits per heavy atom. The predicted octanol–water partition coefficient (Wildman–Crippen LogP) is 1.77. The molecule has 0 amide bonds. The summed E-state index contributed by atoms with van der Waals surface area (Å²) in [5.41, 5.74) is 2.52. The van der Waals surface area contributed by atoms with E-state index in [-0.39, 0.29) is 5.78 Å². The number of ketones is 1. The molecule has 0 atom stereocenters. The lowest BCUT2D eigenvalue weighted by Gasteiger charge is -2.15. The second-order valence-electron chi connectivity index (χ2n) is 4.75. The molecular weight excluding hydrogens is 244 g/mol. The van der Waals surface area contributed by atoms with Crippen LogP contribution in [0.3, 0.4) is 0 Å². The van der Waals surface area contributed by atoms with Gasteiger partial charge in [-0.3, -0.25) is 4.79 Å². The maximum atomic E-state index is 12.3. The Balaban J connectivity index is 2.30. The van der Waals surface area contributed by atoms with Crippen LogP contribution in [0.1, 0.15) is 39.9 Å². The van der Waals surface area contributed by atoms with Gasteiger partial charge < -0.3 is 14.6 Å². The van der Waals surface area contributed by atoms with E-state index in [0.29, 0.717) is 24.4 Å². The van der Waals surface area contributed by atoms with Crippen molar-refractivity contribution in [3.63, 3.8) is 0 Å². The summed E-state index contributed by atoms with van der Waals surface area (Å²) in [5, 5.41) is 0. The first kappa shape index (κ1) is 13.4. The molecular formula is C14H18N2O3. The number of aryl methyl sites for hydroxylation is 1. The molecule has 19 heavy (non-hydrogen) atoms. The zero-order valence-electron chi connectivity index (χ0n) is 11.4. The average molecular weight is 262 g/mol. The minimum atomic E-state index is -0.414. The standard InChI is InChI=1S/C14H18N2O3/c1-4-19-14(18)11-7-9-5-6-10(8-16(2)3)13(17)12(9)15-11/h7-8,15H,4-6H2,1-3H3. The SMILES string of the molecule is CCOC(=O)c1cc2c([nH]1)C(=O)C(=CN(C)C)CC2. The van der Waals surface area contributed by atoms with E-state index in [1.54, 1.807) is 13.0 Å².